The van der Waals surface area contributed by atoms with Gasteiger partial charge in [-0.3, -0.25) is 24.9 Å². The lowest BCUT2D eigenvalue weighted by atomic mass is 10.3. The quantitative estimate of drug-likeness (QED) is 0.761. The summed E-state index contributed by atoms with van der Waals surface area (Å²) < 4.78 is 1.54. The van der Waals surface area contributed by atoms with E-state index in [2.05, 4.69) is 30.6 Å². The summed E-state index contributed by atoms with van der Waals surface area (Å²) in [7, 11) is 0. The number of amides is 1. The van der Waals surface area contributed by atoms with Gasteiger partial charge in [0.25, 0.3) is 0 Å². The van der Waals surface area contributed by atoms with Crippen LogP contribution in [0, 0.1) is 13.8 Å². The van der Waals surface area contributed by atoms with Gasteiger partial charge in [-0.05, 0) is 26.0 Å². The molecular formula is C14H14ClN7O. The topological polar surface area (TPSA) is 101 Å². The zero-order valence-electron chi connectivity index (χ0n) is 12.5. The molecule has 3 aromatic heterocycles. The van der Waals surface area contributed by atoms with E-state index in [-0.39, 0.29) is 18.4 Å². The Labute approximate surface area is 136 Å². The smallest absolute Gasteiger partial charge is 0.249 e. The lowest BCUT2D eigenvalue weighted by molar-refractivity contribution is -0.117. The zero-order valence-corrected chi connectivity index (χ0v) is 13.3. The van der Waals surface area contributed by atoms with Gasteiger partial charge in [0.15, 0.2) is 5.82 Å². The predicted molar refractivity (Wildman–Crippen MR) is 85.0 cm³/mol. The fraction of sp³-hybridized carbons (Fsp3) is 0.214. The third-order valence-electron chi connectivity index (χ3n) is 3.23. The van der Waals surface area contributed by atoms with Gasteiger partial charge in [0.1, 0.15) is 12.2 Å². The molecule has 0 spiro atoms. The summed E-state index contributed by atoms with van der Waals surface area (Å²) in [5.74, 6) is 0.372. The Morgan fingerprint density at radius 2 is 2.22 bits per heavy atom. The standard InChI is InChI=1S/C14H14ClN7O/c1-8-12(15)9(2)22(21-8)7-11(23)17-14-18-13(19-20-14)10-5-3-4-6-16-10/h3-6H,7H2,1-2H3,(H2,17,18,19,20,23). The third kappa shape index (κ3) is 3.21. The van der Waals surface area contributed by atoms with Gasteiger partial charge in [-0.1, -0.05) is 17.7 Å². The molecule has 0 atom stereocenters. The van der Waals surface area contributed by atoms with Crippen molar-refractivity contribution in [1.82, 2.24) is 29.9 Å². The Bertz CT molecular complexity index is 840. The van der Waals surface area contributed by atoms with Crippen molar-refractivity contribution in [2.75, 3.05) is 5.32 Å². The summed E-state index contributed by atoms with van der Waals surface area (Å²) in [6.45, 7) is 3.63. The van der Waals surface area contributed by atoms with Gasteiger partial charge in [0.05, 0.1) is 16.4 Å². The number of H-pyrrole nitrogens is 1. The highest BCUT2D eigenvalue weighted by molar-refractivity contribution is 6.31. The van der Waals surface area contributed by atoms with Gasteiger partial charge in [-0.25, -0.2) is 0 Å². The van der Waals surface area contributed by atoms with Crippen molar-refractivity contribution < 1.29 is 4.79 Å². The van der Waals surface area contributed by atoms with Crippen molar-refractivity contribution in [2.45, 2.75) is 20.4 Å². The fourth-order valence-corrected chi connectivity index (χ4v) is 2.20. The first kappa shape index (κ1) is 15.2. The molecule has 23 heavy (non-hydrogen) atoms. The van der Waals surface area contributed by atoms with Crippen LogP contribution in [-0.4, -0.2) is 35.9 Å². The van der Waals surface area contributed by atoms with E-state index in [0.717, 1.165) is 5.69 Å². The van der Waals surface area contributed by atoms with E-state index in [1.54, 1.807) is 23.9 Å². The number of pyridine rings is 1. The molecular weight excluding hydrogens is 318 g/mol. The van der Waals surface area contributed by atoms with Crippen LogP contribution in [0.2, 0.25) is 5.02 Å². The maximum Gasteiger partial charge on any atom is 0.249 e. The second-order valence-electron chi connectivity index (χ2n) is 4.91. The van der Waals surface area contributed by atoms with Crippen molar-refractivity contribution >= 4 is 23.5 Å². The van der Waals surface area contributed by atoms with E-state index in [4.69, 9.17) is 11.6 Å². The summed E-state index contributed by atoms with van der Waals surface area (Å²) in [6, 6.07) is 5.45. The molecule has 0 fully saturated rings. The maximum atomic E-state index is 12.1. The molecule has 0 unspecified atom stereocenters. The molecule has 0 saturated heterocycles. The van der Waals surface area contributed by atoms with Crippen LogP contribution < -0.4 is 5.32 Å². The van der Waals surface area contributed by atoms with E-state index in [0.29, 0.717) is 22.2 Å². The Balaban J connectivity index is 1.69. The number of nitrogens with one attached hydrogen (secondary N) is 2. The summed E-state index contributed by atoms with van der Waals surface area (Å²) in [4.78, 5) is 20.4. The normalized spacial score (nSPS) is 10.7. The number of anilines is 1. The fourth-order valence-electron chi connectivity index (χ4n) is 2.06. The minimum atomic E-state index is -0.293. The molecule has 0 bridgehead atoms. The monoisotopic (exact) mass is 331 g/mol. The second-order valence-corrected chi connectivity index (χ2v) is 5.29. The summed E-state index contributed by atoms with van der Waals surface area (Å²) in [5, 5.41) is 14.1. The predicted octanol–water partition coefficient (Wildman–Crippen LogP) is 1.97. The van der Waals surface area contributed by atoms with Crippen LogP contribution in [0.15, 0.2) is 24.4 Å². The number of nitrogens with zero attached hydrogens (tertiary/aromatic N) is 5. The molecule has 0 aliphatic heterocycles. The number of aromatic amines is 1. The first-order chi connectivity index (χ1) is 11.0. The van der Waals surface area contributed by atoms with Crippen LogP contribution in [0.5, 0.6) is 0 Å². The molecule has 8 nitrogen and oxygen atoms in total. The summed E-state index contributed by atoms with van der Waals surface area (Å²) in [6.07, 6.45) is 1.66. The average Bonchev–Trinajstić information content (AvgIpc) is 3.10. The van der Waals surface area contributed by atoms with Gasteiger partial charge in [-0.2, -0.15) is 10.1 Å². The van der Waals surface area contributed by atoms with E-state index in [9.17, 15) is 4.79 Å². The van der Waals surface area contributed by atoms with Gasteiger partial charge >= 0.3 is 0 Å². The molecule has 3 aromatic rings. The van der Waals surface area contributed by atoms with Crippen molar-refractivity contribution in [3.05, 3.63) is 40.8 Å². The molecule has 1 amide bonds. The van der Waals surface area contributed by atoms with Gasteiger partial charge in [0.2, 0.25) is 11.9 Å². The Hall–Kier alpha value is -2.74. The molecule has 2 N–H and O–H groups in total. The highest BCUT2D eigenvalue weighted by Crippen LogP contribution is 2.18. The number of carbonyl (C=O) groups is 1. The van der Waals surface area contributed by atoms with Gasteiger partial charge < -0.3 is 0 Å². The number of hydrogen-bond donors (Lipinski definition) is 2. The highest BCUT2D eigenvalue weighted by atomic mass is 35.5. The minimum Gasteiger partial charge on any atom is -0.292 e. The third-order valence-corrected chi connectivity index (χ3v) is 3.78. The lowest BCUT2D eigenvalue weighted by Gasteiger charge is -2.03. The second kappa shape index (κ2) is 6.17. The van der Waals surface area contributed by atoms with Crippen LogP contribution in [0.1, 0.15) is 11.4 Å². The van der Waals surface area contributed by atoms with Crippen LogP contribution in [-0.2, 0) is 11.3 Å². The minimum absolute atomic E-state index is 0.0346. The first-order valence-electron chi connectivity index (χ1n) is 6.88. The van der Waals surface area contributed by atoms with E-state index in [1.807, 2.05) is 19.1 Å². The van der Waals surface area contributed by atoms with Crippen molar-refractivity contribution in [1.29, 1.82) is 0 Å². The van der Waals surface area contributed by atoms with Crippen molar-refractivity contribution in [2.24, 2.45) is 0 Å². The van der Waals surface area contributed by atoms with E-state index in [1.165, 1.54) is 0 Å². The molecule has 0 radical (unpaired) electrons. The maximum absolute atomic E-state index is 12.1. The molecule has 0 aliphatic carbocycles. The lowest BCUT2D eigenvalue weighted by Crippen LogP contribution is -2.21. The molecule has 3 heterocycles. The SMILES string of the molecule is Cc1nn(CC(=O)Nc2n[nH]c(-c3ccccn3)n2)c(C)c1Cl. The zero-order chi connectivity index (χ0) is 16.4. The van der Waals surface area contributed by atoms with Gasteiger partial charge in [0, 0.05) is 6.20 Å². The first-order valence-corrected chi connectivity index (χ1v) is 7.25. The largest absolute Gasteiger partial charge is 0.292 e. The summed E-state index contributed by atoms with van der Waals surface area (Å²) >= 11 is 6.06. The Kier molecular flexibility index (Phi) is 4.07. The molecule has 3 rings (SSSR count). The average molecular weight is 332 g/mol. The van der Waals surface area contributed by atoms with Crippen molar-refractivity contribution in [3.63, 3.8) is 0 Å². The number of halogens is 1. The molecule has 0 saturated carbocycles. The Morgan fingerprint density at radius 1 is 1.39 bits per heavy atom. The number of aromatic nitrogens is 6. The molecule has 118 valence electrons. The number of hydrogen-bond acceptors (Lipinski definition) is 5. The van der Waals surface area contributed by atoms with Crippen LogP contribution in [0.4, 0.5) is 5.95 Å². The molecule has 9 heteroatoms. The van der Waals surface area contributed by atoms with Gasteiger partial charge in [-0.15, -0.1) is 5.10 Å². The Morgan fingerprint density at radius 3 is 2.87 bits per heavy atom. The number of aryl methyl sites for hydroxylation is 1. The van der Waals surface area contributed by atoms with Crippen LogP contribution in [0.3, 0.4) is 0 Å². The number of rotatable bonds is 4. The summed E-state index contributed by atoms with van der Waals surface area (Å²) in [5.41, 5.74) is 2.07. The number of carbonyl (C=O) groups excluding carboxylic acids is 1. The van der Waals surface area contributed by atoms with Crippen molar-refractivity contribution in [3.8, 4) is 11.5 Å². The highest BCUT2D eigenvalue weighted by Gasteiger charge is 2.14. The van der Waals surface area contributed by atoms with Crippen LogP contribution in [0.25, 0.3) is 11.5 Å². The molecule has 0 aromatic carbocycles. The van der Waals surface area contributed by atoms with Crippen LogP contribution >= 0.6 is 11.6 Å². The molecule has 0 aliphatic rings. The van der Waals surface area contributed by atoms with E-state index >= 15 is 0 Å². The van der Waals surface area contributed by atoms with E-state index < -0.39 is 0 Å².